The lowest BCUT2D eigenvalue weighted by Crippen LogP contribution is -2.29. The van der Waals surface area contributed by atoms with Crippen LogP contribution in [-0.4, -0.2) is 120 Å². The van der Waals surface area contributed by atoms with Crippen LogP contribution in [0, 0.1) is 0 Å². The monoisotopic (exact) mass is 552 g/mol. The number of rotatable bonds is 16. The van der Waals surface area contributed by atoms with Crippen molar-refractivity contribution in [1.29, 1.82) is 0 Å². The van der Waals surface area contributed by atoms with Gasteiger partial charge in [-0.1, -0.05) is 24.3 Å². The van der Waals surface area contributed by atoms with Crippen LogP contribution in [0.2, 0.25) is 0 Å². The van der Waals surface area contributed by atoms with Crippen molar-refractivity contribution in [2.45, 2.75) is 0 Å². The summed E-state index contributed by atoms with van der Waals surface area (Å²) in [5.74, 6) is 0. The highest BCUT2D eigenvalue weighted by molar-refractivity contribution is 6.04. The number of aliphatic hydroxyl groups excluding tert-OH is 6. The SMILES string of the molecule is OCCN(CCO)c1ccc(C(=C2C=CC(=[N+](CCO)CCO)C=C2)c2ccc(N(CCO)CCO)cc2)cc1. The predicted octanol–water partition coefficient (Wildman–Crippen LogP) is 0.635. The molecule has 40 heavy (non-hydrogen) atoms. The Morgan fingerprint density at radius 2 is 0.875 bits per heavy atom. The number of hydrogen-bond acceptors (Lipinski definition) is 8. The number of anilines is 2. The highest BCUT2D eigenvalue weighted by Gasteiger charge is 2.17. The zero-order valence-electron chi connectivity index (χ0n) is 22.9. The highest BCUT2D eigenvalue weighted by Crippen LogP contribution is 2.32. The standard InChI is InChI=1S/C31H42N3O6/c35-19-13-32(14-20-36)28-7-1-25(2-8-28)31(26-3-9-29(10-4-26)33(15-21-37)16-22-38)27-5-11-30(12-6-27)34(17-23-39)18-24-40/h1-12,35-40H,13-24H2/q+1. The summed E-state index contributed by atoms with van der Waals surface area (Å²) in [7, 11) is 0. The molecule has 9 nitrogen and oxygen atoms in total. The largest absolute Gasteiger partial charge is 0.395 e. The summed E-state index contributed by atoms with van der Waals surface area (Å²) >= 11 is 0. The first-order chi connectivity index (χ1) is 19.6. The molecule has 0 fully saturated rings. The molecule has 0 saturated carbocycles. The molecule has 0 unspecified atom stereocenters. The second kappa shape index (κ2) is 16.7. The fraction of sp³-hybridized carbons (Fsp3) is 0.387. The molecule has 0 amide bonds. The van der Waals surface area contributed by atoms with Crippen molar-refractivity contribution in [1.82, 2.24) is 0 Å². The zero-order chi connectivity index (χ0) is 28.7. The number of hydrogen-bond donors (Lipinski definition) is 6. The summed E-state index contributed by atoms with van der Waals surface area (Å²) in [5, 5.41) is 56.6. The molecule has 0 spiro atoms. The molecule has 0 aromatic heterocycles. The Morgan fingerprint density at radius 3 is 1.20 bits per heavy atom. The Labute approximate surface area is 236 Å². The van der Waals surface area contributed by atoms with E-state index in [4.69, 9.17) is 0 Å². The van der Waals surface area contributed by atoms with Gasteiger partial charge < -0.3 is 40.4 Å². The molecule has 0 radical (unpaired) electrons. The van der Waals surface area contributed by atoms with E-state index in [2.05, 4.69) is 0 Å². The van der Waals surface area contributed by atoms with Crippen LogP contribution in [-0.2, 0) is 0 Å². The minimum Gasteiger partial charge on any atom is -0.395 e. The van der Waals surface area contributed by atoms with E-state index < -0.39 is 0 Å². The van der Waals surface area contributed by atoms with Crippen molar-refractivity contribution < 1.29 is 35.2 Å². The fourth-order valence-corrected chi connectivity index (χ4v) is 4.85. The van der Waals surface area contributed by atoms with Gasteiger partial charge in [-0.3, -0.25) is 0 Å². The summed E-state index contributed by atoms with van der Waals surface area (Å²) < 4.78 is 1.93. The van der Waals surface area contributed by atoms with Crippen LogP contribution in [0.5, 0.6) is 0 Å². The lowest BCUT2D eigenvalue weighted by Gasteiger charge is -2.24. The van der Waals surface area contributed by atoms with Crippen molar-refractivity contribution in [3.8, 4) is 0 Å². The minimum absolute atomic E-state index is 0.00894. The zero-order valence-corrected chi connectivity index (χ0v) is 22.9. The molecule has 0 atom stereocenters. The van der Waals surface area contributed by atoms with Gasteiger partial charge in [0.05, 0.1) is 26.4 Å². The molecular formula is C31H42N3O6+. The van der Waals surface area contributed by atoms with Gasteiger partial charge in [0.25, 0.3) is 0 Å². The summed E-state index contributed by atoms with van der Waals surface area (Å²) in [6.07, 6.45) is 8.03. The lowest BCUT2D eigenvalue weighted by molar-refractivity contribution is -0.530. The maximum Gasteiger partial charge on any atom is 0.200 e. The molecule has 0 bridgehead atoms. The average Bonchev–Trinajstić information content (AvgIpc) is 2.98. The summed E-state index contributed by atoms with van der Waals surface area (Å²) in [5.41, 5.74) is 6.69. The topological polar surface area (TPSA) is 131 Å². The molecule has 2 aromatic rings. The van der Waals surface area contributed by atoms with Gasteiger partial charge in [-0.05, 0) is 58.7 Å². The van der Waals surface area contributed by atoms with Crippen molar-refractivity contribution in [3.05, 3.63) is 89.5 Å². The number of nitrogens with zero attached hydrogens (tertiary/aromatic N) is 3. The van der Waals surface area contributed by atoms with Gasteiger partial charge >= 0.3 is 0 Å². The quantitative estimate of drug-likeness (QED) is 0.167. The average molecular weight is 553 g/mol. The van der Waals surface area contributed by atoms with Gasteiger partial charge in [0.1, 0.15) is 13.2 Å². The first kappa shape index (κ1) is 31.2. The van der Waals surface area contributed by atoms with Crippen LogP contribution in [0.25, 0.3) is 5.57 Å². The van der Waals surface area contributed by atoms with Crippen LogP contribution in [0.4, 0.5) is 11.4 Å². The van der Waals surface area contributed by atoms with Crippen molar-refractivity contribution >= 4 is 22.7 Å². The van der Waals surface area contributed by atoms with E-state index in [0.29, 0.717) is 39.3 Å². The molecule has 216 valence electrons. The van der Waals surface area contributed by atoms with Crippen LogP contribution in [0.1, 0.15) is 11.1 Å². The molecule has 6 N–H and O–H groups in total. The second-order valence-electron chi connectivity index (χ2n) is 9.32. The molecule has 9 heteroatoms. The Hall–Kier alpha value is -3.31. The van der Waals surface area contributed by atoms with Gasteiger partial charge in [0, 0.05) is 49.7 Å². The Kier molecular flexibility index (Phi) is 13.0. The maximum atomic E-state index is 9.43. The molecule has 2 aromatic carbocycles. The van der Waals surface area contributed by atoms with Crippen LogP contribution >= 0.6 is 0 Å². The lowest BCUT2D eigenvalue weighted by atomic mass is 9.90. The molecule has 3 rings (SSSR count). The Balaban J connectivity index is 2.06. The van der Waals surface area contributed by atoms with Crippen LogP contribution in [0.3, 0.4) is 0 Å². The van der Waals surface area contributed by atoms with E-state index in [1.807, 2.05) is 87.2 Å². The second-order valence-corrected chi connectivity index (χ2v) is 9.32. The summed E-state index contributed by atoms with van der Waals surface area (Å²) in [6, 6.07) is 16.1. The summed E-state index contributed by atoms with van der Waals surface area (Å²) in [4.78, 5) is 3.86. The fourth-order valence-electron chi connectivity index (χ4n) is 4.85. The van der Waals surface area contributed by atoms with Gasteiger partial charge in [0.2, 0.25) is 0 Å². The van der Waals surface area contributed by atoms with E-state index in [1.165, 1.54) is 0 Å². The first-order valence-electron chi connectivity index (χ1n) is 13.7. The van der Waals surface area contributed by atoms with Crippen LogP contribution in [0.15, 0.2) is 78.4 Å². The molecular weight excluding hydrogens is 510 g/mol. The Morgan fingerprint density at radius 1 is 0.500 bits per heavy atom. The van der Waals surface area contributed by atoms with Crippen molar-refractivity contribution in [3.63, 3.8) is 0 Å². The number of benzene rings is 2. The van der Waals surface area contributed by atoms with Gasteiger partial charge in [-0.25, -0.2) is 4.58 Å². The third-order valence-electron chi connectivity index (χ3n) is 6.78. The molecule has 0 aliphatic heterocycles. The molecule has 1 aliphatic rings. The van der Waals surface area contributed by atoms with E-state index >= 15 is 0 Å². The van der Waals surface area contributed by atoms with E-state index in [-0.39, 0.29) is 39.6 Å². The van der Waals surface area contributed by atoms with E-state index in [1.54, 1.807) is 0 Å². The highest BCUT2D eigenvalue weighted by atomic mass is 16.3. The van der Waals surface area contributed by atoms with Gasteiger partial charge in [-0.2, -0.15) is 0 Å². The van der Waals surface area contributed by atoms with E-state index in [9.17, 15) is 30.6 Å². The molecule has 1 aliphatic carbocycles. The first-order valence-corrected chi connectivity index (χ1v) is 13.7. The third kappa shape index (κ3) is 8.34. The van der Waals surface area contributed by atoms with Gasteiger partial charge in [0.15, 0.2) is 18.8 Å². The maximum absolute atomic E-state index is 9.43. The van der Waals surface area contributed by atoms with E-state index in [0.717, 1.165) is 39.4 Å². The van der Waals surface area contributed by atoms with Crippen molar-refractivity contribution in [2.75, 3.05) is 88.7 Å². The molecule has 0 saturated heterocycles. The van der Waals surface area contributed by atoms with Crippen molar-refractivity contribution in [2.24, 2.45) is 0 Å². The Bertz CT molecular complexity index is 1070. The number of aliphatic hydroxyl groups is 6. The van der Waals surface area contributed by atoms with Crippen LogP contribution < -0.4 is 9.80 Å². The normalized spacial score (nSPS) is 12.7. The third-order valence-corrected chi connectivity index (χ3v) is 6.78. The minimum atomic E-state index is -0.00894. The van der Waals surface area contributed by atoms with Gasteiger partial charge in [-0.15, -0.1) is 0 Å². The molecule has 0 heterocycles. The smallest absolute Gasteiger partial charge is 0.200 e. The summed E-state index contributed by atoms with van der Waals surface area (Å²) in [6.45, 7) is 2.50. The number of allylic oxidation sites excluding steroid dienone is 5. The predicted molar refractivity (Wildman–Crippen MR) is 159 cm³/mol.